The van der Waals surface area contributed by atoms with Crippen LogP contribution < -0.4 is 10.6 Å². The largest absolute Gasteiger partial charge is 0.367 e. The maximum atomic E-state index is 5.62. The van der Waals surface area contributed by atoms with Gasteiger partial charge in [0.05, 0.1) is 17.6 Å². The van der Waals surface area contributed by atoms with Crippen LogP contribution >= 0.6 is 0 Å². The topological polar surface area (TPSA) is 42.1 Å². The second kappa shape index (κ2) is 6.90. The first kappa shape index (κ1) is 14.3. The van der Waals surface area contributed by atoms with Crippen LogP contribution in [0.25, 0.3) is 0 Å². The Kier molecular flexibility index (Phi) is 5.20. The summed E-state index contributed by atoms with van der Waals surface area (Å²) in [5.74, 6) is 0.750. The summed E-state index contributed by atoms with van der Waals surface area (Å²) in [6.45, 7) is 6.26. The van der Waals surface area contributed by atoms with Crippen LogP contribution in [0, 0.1) is 5.92 Å². The molecule has 0 spiro atoms. The molecule has 2 rings (SSSR count). The van der Waals surface area contributed by atoms with Crippen LogP contribution in [0.2, 0.25) is 0 Å². The molecule has 0 unspecified atom stereocenters. The molecule has 0 saturated heterocycles. The molecule has 0 radical (unpaired) electrons. The van der Waals surface area contributed by atoms with Crippen molar-refractivity contribution in [2.45, 2.75) is 58.5 Å². The minimum Gasteiger partial charge on any atom is -0.367 e. The Morgan fingerprint density at radius 1 is 1.32 bits per heavy atom. The smallest absolute Gasteiger partial charge is 0.0555 e. The lowest BCUT2D eigenvalue weighted by atomic mass is 10.1. The lowest BCUT2D eigenvalue weighted by Crippen LogP contribution is -2.34. The van der Waals surface area contributed by atoms with Gasteiger partial charge in [0.25, 0.3) is 0 Å². The van der Waals surface area contributed by atoms with Crippen LogP contribution in [0.1, 0.15) is 51.6 Å². The lowest BCUT2D eigenvalue weighted by Gasteiger charge is -2.31. The highest BCUT2D eigenvalue weighted by atomic mass is 15.2. The quantitative estimate of drug-likeness (QED) is 0.854. The number of aromatic nitrogens is 1. The van der Waals surface area contributed by atoms with Gasteiger partial charge in [-0.05, 0) is 37.3 Å². The predicted octanol–water partition coefficient (Wildman–Crippen LogP) is 3.34. The summed E-state index contributed by atoms with van der Waals surface area (Å²) in [6.07, 6.45) is 8.65. The molecule has 0 aliphatic heterocycles. The minimum absolute atomic E-state index is 0.524. The van der Waals surface area contributed by atoms with E-state index >= 15 is 0 Å². The summed E-state index contributed by atoms with van der Waals surface area (Å²) in [6, 6.07) is 4.96. The first-order chi connectivity index (χ1) is 9.20. The molecular weight excluding hydrogens is 234 g/mol. The number of nitrogens with two attached hydrogens (primary N) is 1. The SMILES string of the molecule is CC(C)CCN(c1ccc(CN)nc1)C1CCCC1. The molecule has 3 heteroatoms. The molecule has 0 atom stereocenters. The molecule has 0 aromatic carbocycles. The van der Waals surface area contributed by atoms with Gasteiger partial charge in [-0.3, -0.25) is 4.98 Å². The van der Waals surface area contributed by atoms with Crippen LogP contribution in [0.5, 0.6) is 0 Å². The van der Waals surface area contributed by atoms with Crippen molar-refractivity contribution in [3.63, 3.8) is 0 Å². The van der Waals surface area contributed by atoms with Gasteiger partial charge in [-0.25, -0.2) is 0 Å². The number of hydrogen-bond acceptors (Lipinski definition) is 3. The summed E-state index contributed by atoms with van der Waals surface area (Å²) < 4.78 is 0. The minimum atomic E-state index is 0.524. The molecule has 1 fully saturated rings. The van der Waals surface area contributed by atoms with E-state index in [-0.39, 0.29) is 0 Å². The van der Waals surface area contributed by atoms with Gasteiger partial charge in [-0.2, -0.15) is 0 Å². The molecule has 1 aliphatic carbocycles. The summed E-state index contributed by atoms with van der Waals surface area (Å²) in [4.78, 5) is 7.02. The van der Waals surface area contributed by atoms with E-state index in [0.29, 0.717) is 12.6 Å². The standard InChI is InChI=1S/C16H27N3/c1-13(2)9-10-19(15-5-3-4-6-15)16-8-7-14(11-17)18-12-16/h7-8,12-13,15H,3-6,9-11,17H2,1-2H3. The van der Waals surface area contributed by atoms with Crippen molar-refractivity contribution < 1.29 is 0 Å². The fourth-order valence-electron chi connectivity index (χ4n) is 2.84. The number of pyridine rings is 1. The Balaban J connectivity index is 2.09. The highest BCUT2D eigenvalue weighted by Gasteiger charge is 2.23. The van der Waals surface area contributed by atoms with E-state index < -0.39 is 0 Å². The highest BCUT2D eigenvalue weighted by Crippen LogP contribution is 2.28. The molecule has 19 heavy (non-hydrogen) atoms. The fourth-order valence-corrected chi connectivity index (χ4v) is 2.84. The molecule has 0 bridgehead atoms. The number of anilines is 1. The fraction of sp³-hybridized carbons (Fsp3) is 0.688. The zero-order chi connectivity index (χ0) is 13.7. The summed E-state index contributed by atoms with van der Waals surface area (Å²) in [7, 11) is 0. The number of nitrogens with zero attached hydrogens (tertiary/aromatic N) is 2. The van der Waals surface area contributed by atoms with Crippen molar-refractivity contribution in [1.82, 2.24) is 4.98 Å². The molecule has 3 nitrogen and oxygen atoms in total. The van der Waals surface area contributed by atoms with Gasteiger partial charge in [-0.1, -0.05) is 26.7 Å². The van der Waals surface area contributed by atoms with Crippen molar-refractivity contribution in [2.24, 2.45) is 11.7 Å². The van der Waals surface area contributed by atoms with Crippen molar-refractivity contribution in [3.8, 4) is 0 Å². The maximum absolute atomic E-state index is 5.62. The summed E-state index contributed by atoms with van der Waals surface area (Å²) in [5.41, 5.74) is 7.86. The lowest BCUT2D eigenvalue weighted by molar-refractivity contribution is 0.528. The molecule has 106 valence electrons. The molecule has 1 heterocycles. The van der Waals surface area contributed by atoms with Crippen molar-refractivity contribution in [2.75, 3.05) is 11.4 Å². The van der Waals surface area contributed by atoms with Crippen LogP contribution in [0.3, 0.4) is 0 Å². The monoisotopic (exact) mass is 261 g/mol. The van der Waals surface area contributed by atoms with E-state index in [1.807, 2.05) is 6.20 Å². The van der Waals surface area contributed by atoms with E-state index in [2.05, 4.69) is 35.9 Å². The third-order valence-electron chi connectivity index (χ3n) is 4.06. The van der Waals surface area contributed by atoms with E-state index in [0.717, 1.165) is 18.2 Å². The van der Waals surface area contributed by atoms with E-state index in [9.17, 15) is 0 Å². The van der Waals surface area contributed by atoms with Gasteiger partial charge in [0, 0.05) is 19.1 Å². The van der Waals surface area contributed by atoms with Gasteiger partial charge in [0.15, 0.2) is 0 Å². The second-order valence-corrected chi connectivity index (χ2v) is 6.03. The highest BCUT2D eigenvalue weighted by molar-refractivity contribution is 5.46. The summed E-state index contributed by atoms with van der Waals surface area (Å²) in [5, 5.41) is 0. The molecule has 2 N–H and O–H groups in total. The number of rotatable bonds is 6. The van der Waals surface area contributed by atoms with Crippen molar-refractivity contribution >= 4 is 5.69 Å². The van der Waals surface area contributed by atoms with Crippen LogP contribution in [0.4, 0.5) is 5.69 Å². The van der Waals surface area contributed by atoms with Gasteiger partial charge in [-0.15, -0.1) is 0 Å². The molecule has 0 amide bonds. The third kappa shape index (κ3) is 3.93. The average Bonchev–Trinajstić information content (AvgIpc) is 2.93. The Morgan fingerprint density at radius 3 is 2.58 bits per heavy atom. The van der Waals surface area contributed by atoms with Crippen LogP contribution in [-0.2, 0) is 6.54 Å². The second-order valence-electron chi connectivity index (χ2n) is 6.03. The molecule has 1 saturated carbocycles. The van der Waals surface area contributed by atoms with E-state index in [1.165, 1.54) is 37.8 Å². The van der Waals surface area contributed by atoms with Gasteiger partial charge >= 0.3 is 0 Å². The average molecular weight is 261 g/mol. The normalized spacial score (nSPS) is 16.2. The zero-order valence-electron chi connectivity index (χ0n) is 12.3. The summed E-state index contributed by atoms with van der Waals surface area (Å²) >= 11 is 0. The first-order valence-corrected chi connectivity index (χ1v) is 7.62. The molecule has 1 aromatic rings. The van der Waals surface area contributed by atoms with Crippen LogP contribution in [0.15, 0.2) is 18.3 Å². The Bertz CT molecular complexity index is 366. The molecule has 1 aromatic heterocycles. The first-order valence-electron chi connectivity index (χ1n) is 7.62. The van der Waals surface area contributed by atoms with E-state index in [1.54, 1.807) is 0 Å². The number of hydrogen-bond donors (Lipinski definition) is 1. The molecule has 1 aliphatic rings. The zero-order valence-corrected chi connectivity index (χ0v) is 12.3. The van der Waals surface area contributed by atoms with Crippen molar-refractivity contribution in [1.29, 1.82) is 0 Å². The predicted molar refractivity (Wildman–Crippen MR) is 81.2 cm³/mol. The van der Waals surface area contributed by atoms with Crippen LogP contribution in [-0.4, -0.2) is 17.6 Å². The Morgan fingerprint density at radius 2 is 2.05 bits per heavy atom. The Labute approximate surface area is 117 Å². The Hall–Kier alpha value is -1.09. The van der Waals surface area contributed by atoms with Gasteiger partial charge < -0.3 is 10.6 Å². The maximum Gasteiger partial charge on any atom is 0.0555 e. The van der Waals surface area contributed by atoms with Gasteiger partial charge in [0.2, 0.25) is 0 Å². The molecular formula is C16H27N3. The van der Waals surface area contributed by atoms with E-state index in [4.69, 9.17) is 5.73 Å². The van der Waals surface area contributed by atoms with Gasteiger partial charge in [0.1, 0.15) is 0 Å². The third-order valence-corrected chi connectivity index (χ3v) is 4.06. The van der Waals surface area contributed by atoms with Crippen molar-refractivity contribution in [3.05, 3.63) is 24.0 Å².